The summed E-state index contributed by atoms with van der Waals surface area (Å²) < 4.78 is 3.87. The molecule has 2 N–H and O–H groups in total. The first-order valence-electron chi connectivity index (χ1n) is 4.83. The van der Waals surface area contributed by atoms with Crippen LogP contribution in [0, 0.1) is 0 Å². The lowest BCUT2D eigenvalue weighted by atomic mass is 10.3. The van der Waals surface area contributed by atoms with Crippen molar-refractivity contribution in [1.82, 2.24) is 9.38 Å². The molecule has 0 aromatic carbocycles. The average molecular weight is 373 g/mol. The van der Waals surface area contributed by atoms with E-state index in [9.17, 15) is 0 Å². The van der Waals surface area contributed by atoms with Crippen molar-refractivity contribution in [2.75, 3.05) is 5.73 Å². The second-order valence-electron chi connectivity index (χ2n) is 3.52. The molecular weight excluding hydrogens is 366 g/mol. The van der Waals surface area contributed by atoms with Gasteiger partial charge in [-0.2, -0.15) is 0 Å². The number of nitrogen functional groups attached to an aromatic ring is 1. The molecular formula is C11H7Br2N3S. The van der Waals surface area contributed by atoms with Gasteiger partial charge >= 0.3 is 0 Å². The molecule has 0 aliphatic heterocycles. The number of hydrogen-bond acceptors (Lipinski definition) is 3. The van der Waals surface area contributed by atoms with Crippen LogP contribution in [-0.4, -0.2) is 9.38 Å². The van der Waals surface area contributed by atoms with Crippen LogP contribution in [0.5, 0.6) is 0 Å². The summed E-state index contributed by atoms with van der Waals surface area (Å²) in [6.45, 7) is 0. The average Bonchev–Trinajstić information content (AvgIpc) is 2.85. The molecule has 3 aromatic heterocycles. The van der Waals surface area contributed by atoms with E-state index in [4.69, 9.17) is 5.73 Å². The van der Waals surface area contributed by atoms with Crippen LogP contribution >= 0.6 is 43.2 Å². The Hall–Kier alpha value is -0.850. The Bertz CT molecular complexity index is 702. The Morgan fingerprint density at radius 2 is 2.18 bits per heavy atom. The lowest BCUT2D eigenvalue weighted by Crippen LogP contribution is -1.93. The Kier molecular flexibility index (Phi) is 2.72. The first kappa shape index (κ1) is 11.3. The molecule has 3 nitrogen and oxygen atoms in total. The molecule has 0 fully saturated rings. The maximum Gasteiger partial charge on any atom is 0.153 e. The molecule has 0 saturated carbocycles. The van der Waals surface area contributed by atoms with Gasteiger partial charge in [0.2, 0.25) is 0 Å². The topological polar surface area (TPSA) is 43.3 Å². The minimum absolute atomic E-state index is 0.663. The van der Waals surface area contributed by atoms with E-state index in [0.717, 1.165) is 25.2 Å². The van der Waals surface area contributed by atoms with Gasteiger partial charge in [0.05, 0.1) is 9.35 Å². The number of anilines is 1. The minimum atomic E-state index is 0.663. The van der Waals surface area contributed by atoms with Gasteiger partial charge in [0.15, 0.2) is 5.65 Å². The van der Waals surface area contributed by atoms with E-state index in [2.05, 4.69) is 36.8 Å². The molecule has 17 heavy (non-hydrogen) atoms. The summed E-state index contributed by atoms with van der Waals surface area (Å²) in [6, 6.07) is 5.91. The predicted octanol–water partition coefficient (Wildman–Crippen LogP) is 4.17. The number of pyridine rings is 1. The molecule has 6 heteroatoms. The number of aromatic nitrogens is 2. The van der Waals surface area contributed by atoms with Gasteiger partial charge in [-0.25, -0.2) is 4.98 Å². The molecule has 86 valence electrons. The molecule has 0 radical (unpaired) electrons. The first-order chi connectivity index (χ1) is 8.16. The summed E-state index contributed by atoms with van der Waals surface area (Å²) in [4.78, 5) is 5.64. The van der Waals surface area contributed by atoms with E-state index >= 15 is 0 Å². The highest BCUT2D eigenvalue weighted by Gasteiger charge is 2.14. The number of nitrogens with two attached hydrogens (primary N) is 1. The maximum absolute atomic E-state index is 6.12. The molecule has 0 amide bonds. The number of hydrogen-bond donors (Lipinski definition) is 1. The van der Waals surface area contributed by atoms with Gasteiger partial charge in [0.1, 0.15) is 11.5 Å². The van der Waals surface area contributed by atoms with Gasteiger partial charge < -0.3 is 5.73 Å². The molecule has 0 saturated heterocycles. The summed E-state index contributed by atoms with van der Waals surface area (Å²) in [5, 5.41) is 2.02. The van der Waals surface area contributed by atoms with Crippen molar-refractivity contribution in [1.29, 1.82) is 0 Å². The third kappa shape index (κ3) is 1.80. The minimum Gasteiger partial charge on any atom is -0.383 e. The molecule has 0 atom stereocenters. The SMILES string of the molecule is Nc1c(-c2cc(Br)cs2)nc2c(Br)cccn12. The number of thiophene rings is 1. The van der Waals surface area contributed by atoms with Crippen LogP contribution in [0.2, 0.25) is 0 Å². The summed E-state index contributed by atoms with van der Waals surface area (Å²) in [5.41, 5.74) is 7.78. The highest BCUT2D eigenvalue weighted by molar-refractivity contribution is 9.11. The zero-order chi connectivity index (χ0) is 12.0. The predicted molar refractivity (Wildman–Crippen MR) is 78.3 cm³/mol. The second kappa shape index (κ2) is 4.12. The van der Waals surface area contributed by atoms with Crippen LogP contribution in [0.25, 0.3) is 16.2 Å². The lowest BCUT2D eigenvalue weighted by molar-refractivity contribution is 1.19. The molecule has 0 unspecified atom stereocenters. The summed E-state index contributed by atoms with van der Waals surface area (Å²) in [5.74, 6) is 0.663. The van der Waals surface area contributed by atoms with E-state index in [1.165, 1.54) is 0 Å². The molecule has 0 aliphatic rings. The van der Waals surface area contributed by atoms with Crippen LogP contribution in [-0.2, 0) is 0 Å². The number of imidazole rings is 1. The fourth-order valence-electron chi connectivity index (χ4n) is 1.67. The van der Waals surface area contributed by atoms with Crippen LogP contribution in [0.3, 0.4) is 0 Å². The van der Waals surface area contributed by atoms with Gasteiger partial charge in [0.25, 0.3) is 0 Å². The van der Waals surface area contributed by atoms with Crippen LogP contribution < -0.4 is 5.73 Å². The van der Waals surface area contributed by atoms with Crippen LogP contribution in [0.1, 0.15) is 0 Å². The zero-order valence-corrected chi connectivity index (χ0v) is 12.5. The highest BCUT2D eigenvalue weighted by Crippen LogP contribution is 2.34. The van der Waals surface area contributed by atoms with Crippen molar-refractivity contribution in [3.63, 3.8) is 0 Å². The Balaban J connectivity index is 2.31. The van der Waals surface area contributed by atoms with E-state index in [1.54, 1.807) is 11.3 Å². The number of fused-ring (bicyclic) bond motifs is 1. The van der Waals surface area contributed by atoms with E-state index in [-0.39, 0.29) is 0 Å². The zero-order valence-electron chi connectivity index (χ0n) is 8.52. The number of nitrogens with zero attached hydrogens (tertiary/aromatic N) is 2. The van der Waals surface area contributed by atoms with Crippen molar-refractivity contribution < 1.29 is 0 Å². The van der Waals surface area contributed by atoms with Crippen molar-refractivity contribution >= 4 is 54.7 Å². The van der Waals surface area contributed by atoms with Gasteiger partial charge in [-0.05, 0) is 50.1 Å². The van der Waals surface area contributed by atoms with Crippen molar-refractivity contribution in [2.24, 2.45) is 0 Å². The molecule has 0 bridgehead atoms. The molecule has 3 rings (SSSR count). The molecule has 0 aliphatic carbocycles. The largest absolute Gasteiger partial charge is 0.383 e. The van der Waals surface area contributed by atoms with Crippen molar-refractivity contribution in [3.05, 3.63) is 38.7 Å². The Morgan fingerprint density at radius 3 is 2.82 bits per heavy atom. The maximum atomic E-state index is 6.12. The first-order valence-corrected chi connectivity index (χ1v) is 7.30. The van der Waals surface area contributed by atoms with Gasteiger partial charge in [-0.1, -0.05) is 0 Å². The fourth-order valence-corrected chi connectivity index (χ4v) is 3.53. The lowest BCUT2D eigenvalue weighted by Gasteiger charge is -1.96. The molecule has 3 heterocycles. The molecule has 3 aromatic rings. The monoisotopic (exact) mass is 371 g/mol. The standard InChI is InChI=1S/C11H7Br2N3S/c12-6-4-8(17-5-6)9-10(14)16-3-1-2-7(13)11(16)15-9/h1-5H,14H2. The summed E-state index contributed by atoms with van der Waals surface area (Å²) >= 11 is 8.54. The second-order valence-corrected chi connectivity index (χ2v) is 6.21. The van der Waals surface area contributed by atoms with Crippen LogP contribution in [0.15, 0.2) is 38.7 Å². The van der Waals surface area contributed by atoms with Gasteiger partial charge in [-0.15, -0.1) is 11.3 Å². The van der Waals surface area contributed by atoms with Gasteiger partial charge in [-0.3, -0.25) is 4.40 Å². The number of halogens is 2. The molecule has 0 spiro atoms. The van der Waals surface area contributed by atoms with Crippen LogP contribution in [0.4, 0.5) is 5.82 Å². The fraction of sp³-hybridized carbons (Fsp3) is 0. The third-order valence-corrected chi connectivity index (χ3v) is 4.76. The van der Waals surface area contributed by atoms with E-state index < -0.39 is 0 Å². The summed E-state index contributed by atoms with van der Waals surface area (Å²) in [7, 11) is 0. The summed E-state index contributed by atoms with van der Waals surface area (Å²) in [6.07, 6.45) is 1.91. The Labute approximate surface area is 119 Å². The van der Waals surface area contributed by atoms with E-state index in [0.29, 0.717) is 5.82 Å². The quantitative estimate of drug-likeness (QED) is 0.696. The van der Waals surface area contributed by atoms with Gasteiger partial charge in [0, 0.05) is 16.0 Å². The van der Waals surface area contributed by atoms with Crippen molar-refractivity contribution in [3.8, 4) is 10.6 Å². The van der Waals surface area contributed by atoms with Crippen molar-refractivity contribution in [2.45, 2.75) is 0 Å². The number of rotatable bonds is 1. The smallest absolute Gasteiger partial charge is 0.153 e. The third-order valence-electron chi connectivity index (χ3n) is 2.44. The normalized spacial score (nSPS) is 11.2. The Morgan fingerprint density at radius 1 is 1.35 bits per heavy atom. The highest BCUT2D eigenvalue weighted by atomic mass is 79.9. The van der Waals surface area contributed by atoms with E-state index in [1.807, 2.05) is 34.2 Å².